The van der Waals surface area contributed by atoms with Crippen LogP contribution in [0.2, 0.25) is 0 Å². The van der Waals surface area contributed by atoms with Crippen molar-refractivity contribution in [3.05, 3.63) is 93.0 Å². The highest BCUT2D eigenvalue weighted by molar-refractivity contribution is 9.10. The Hall–Kier alpha value is -4.09. The highest BCUT2D eigenvalue weighted by atomic mass is 79.9. The maximum Gasteiger partial charge on any atom is 0.338 e. The molecule has 0 aliphatic rings. The molecule has 0 fully saturated rings. The molecular formula is C28H25BrN2O5. The lowest BCUT2D eigenvalue weighted by Crippen LogP contribution is -2.13. The number of nitrogens with one attached hydrogen (secondary N) is 1. The largest absolute Gasteiger partial charge is 0.493 e. The van der Waals surface area contributed by atoms with E-state index < -0.39 is 11.9 Å². The number of carbonyl (C=O) groups is 2. The fourth-order valence-electron chi connectivity index (χ4n) is 3.30. The average molecular weight is 549 g/mol. The summed E-state index contributed by atoms with van der Waals surface area (Å²) in [5.41, 5.74) is 3.44. The zero-order chi connectivity index (χ0) is 26.1. The van der Waals surface area contributed by atoms with Gasteiger partial charge in [0.2, 0.25) is 0 Å². The molecule has 0 saturated heterocycles. The zero-order valence-electron chi connectivity index (χ0n) is 20.1. The molecule has 3 rings (SSSR count). The molecule has 0 bridgehead atoms. The van der Waals surface area contributed by atoms with E-state index in [9.17, 15) is 14.9 Å². The smallest absolute Gasteiger partial charge is 0.338 e. The molecule has 0 heterocycles. The fraction of sp³-hybridized carbons (Fsp3) is 0.179. The molecular weight excluding hydrogens is 524 g/mol. The molecule has 184 valence electrons. The van der Waals surface area contributed by atoms with Crippen molar-refractivity contribution >= 4 is 39.6 Å². The lowest BCUT2D eigenvalue weighted by atomic mass is 10.1. The normalized spacial score (nSPS) is 10.8. The van der Waals surface area contributed by atoms with Crippen molar-refractivity contribution in [3.8, 4) is 17.6 Å². The number of nitrogens with zero attached hydrogens (tertiary/aromatic N) is 1. The molecule has 36 heavy (non-hydrogen) atoms. The molecule has 0 aliphatic carbocycles. The summed E-state index contributed by atoms with van der Waals surface area (Å²) in [5.74, 6) is -0.0609. The number of rotatable bonds is 9. The minimum absolute atomic E-state index is 0.105. The van der Waals surface area contributed by atoms with Crippen LogP contribution in [0, 0.1) is 18.3 Å². The Bertz CT molecular complexity index is 1330. The van der Waals surface area contributed by atoms with Crippen LogP contribution in [0.25, 0.3) is 6.08 Å². The van der Waals surface area contributed by atoms with Crippen molar-refractivity contribution in [1.82, 2.24) is 0 Å². The fourth-order valence-corrected chi connectivity index (χ4v) is 3.88. The van der Waals surface area contributed by atoms with Crippen LogP contribution >= 0.6 is 15.9 Å². The Kier molecular flexibility index (Phi) is 9.25. The number of aryl methyl sites for hydroxylation is 1. The van der Waals surface area contributed by atoms with Crippen LogP contribution in [0.5, 0.6) is 11.5 Å². The van der Waals surface area contributed by atoms with Gasteiger partial charge < -0.3 is 19.5 Å². The maximum atomic E-state index is 12.7. The molecule has 8 heteroatoms. The van der Waals surface area contributed by atoms with E-state index in [1.54, 1.807) is 43.3 Å². The van der Waals surface area contributed by atoms with Crippen molar-refractivity contribution < 1.29 is 23.8 Å². The highest BCUT2D eigenvalue weighted by Gasteiger charge is 2.15. The molecule has 3 aromatic rings. The van der Waals surface area contributed by atoms with Gasteiger partial charge in [0.25, 0.3) is 5.91 Å². The van der Waals surface area contributed by atoms with E-state index in [2.05, 4.69) is 21.2 Å². The van der Waals surface area contributed by atoms with E-state index >= 15 is 0 Å². The van der Waals surface area contributed by atoms with Crippen LogP contribution in [0.15, 0.2) is 70.7 Å². The first-order valence-corrected chi connectivity index (χ1v) is 11.9. The van der Waals surface area contributed by atoms with Gasteiger partial charge >= 0.3 is 5.97 Å². The van der Waals surface area contributed by atoms with Crippen LogP contribution in [0.4, 0.5) is 5.69 Å². The summed E-state index contributed by atoms with van der Waals surface area (Å²) >= 11 is 3.51. The van der Waals surface area contributed by atoms with Crippen LogP contribution in [-0.4, -0.2) is 25.6 Å². The van der Waals surface area contributed by atoms with Crippen LogP contribution in [0.1, 0.15) is 34.0 Å². The number of hydrogen-bond acceptors (Lipinski definition) is 6. The topological polar surface area (TPSA) is 97.7 Å². The second-order valence-corrected chi connectivity index (χ2v) is 8.53. The second-order valence-electron chi connectivity index (χ2n) is 7.67. The van der Waals surface area contributed by atoms with E-state index in [1.807, 2.05) is 37.3 Å². The van der Waals surface area contributed by atoms with Crippen molar-refractivity contribution in [2.75, 3.05) is 19.0 Å². The first-order chi connectivity index (χ1) is 17.4. The molecule has 3 aromatic carbocycles. The predicted molar refractivity (Wildman–Crippen MR) is 141 cm³/mol. The maximum absolute atomic E-state index is 12.7. The molecule has 0 saturated carbocycles. The third-order valence-corrected chi connectivity index (χ3v) is 5.80. The number of anilines is 1. The van der Waals surface area contributed by atoms with Gasteiger partial charge in [0, 0.05) is 5.69 Å². The van der Waals surface area contributed by atoms with Crippen molar-refractivity contribution in [2.24, 2.45) is 0 Å². The van der Waals surface area contributed by atoms with E-state index in [0.717, 1.165) is 11.1 Å². The van der Waals surface area contributed by atoms with E-state index in [1.165, 1.54) is 13.2 Å². The average Bonchev–Trinajstić information content (AvgIpc) is 2.87. The number of carbonyl (C=O) groups excluding carboxylic acids is 2. The molecule has 1 amide bonds. The molecule has 0 atom stereocenters. The van der Waals surface area contributed by atoms with Crippen molar-refractivity contribution in [2.45, 2.75) is 20.5 Å². The van der Waals surface area contributed by atoms with E-state index in [4.69, 9.17) is 14.2 Å². The first-order valence-electron chi connectivity index (χ1n) is 11.1. The summed E-state index contributed by atoms with van der Waals surface area (Å²) in [4.78, 5) is 24.5. The Morgan fingerprint density at radius 3 is 2.47 bits per heavy atom. The van der Waals surface area contributed by atoms with Crippen LogP contribution in [-0.2, 0) is 16.1 Å². The second kappa shape index (κ2) is 12.6. The van der Waals surface area contributed by atoms with Crippen LogP contribution in [0.3, 0.4) is 0 Å². The molecule has 1 N–H and O–H groups in total. The van der Waals surface area contributed by atoms with Gasteiger partial charge in [0.15, 0.2) is 11.5 Å². The Morgan fingerprint density at radius 1 is 1.11 bits per heavy atom. The quantitative estimate of drug-likeness (QED) is 0.198. The minimum atomic E-state index is -0.587. The molecule has 0 radical (unpaired) electrons. The minimum Gasteiger partial charge on any atom is -0.493 e. The number of nitriles is 1. The van der Waals surface area contributed by atoms with Gasteiger partial charge in [-0.1, -0.05) is 24.3 Å². The monoisotopic (exact) mass is 548 g/mol. The molecule has 0 aromatic heterocycles. The van der Waals surface area contributed by atoms with E-state index in [-0.39, 0.29) is 12.2 Å². The highest BCUT2D eigenvalue weighted by Crippen LogP contribution is 2.38. The zero-order valence-corrected chi connectivity index (χ0v) is 21.7. The lowest BCUT2D eigenvalue weighted by Gasteiger charge is -2.14. The summed E-state index contributed by atoms with van der Waals surface area (Å²) in [7, 11) is 1.52. The third-order valence-electron chi connectivity index (χ3n) is 5.22. The number of methoxy groups -OCH3 is 1. The standard InChI is InChI=1S/C28H25BrN2O5/c1-4-35-28(33)20-9-11-23(12-10-20)31-27(32)22(16-30)13-19-14-24(29)26(25(15-19)34-3)36-17-21-8-6-5-7-18(21)2/h5-15H,4,17H2,1-3H3,(H,31,32)/b22-13+. The number of esters is 1. The third kappa shape index (κ3) is 6.74. The predicted octanol–water partition coefficient (Wildman–Crippen LogP) is 6.07. The summed E-state index contributed by atoms with van der Waals surface area (Å²) in [6.07, 6.45) is 1.46. The summed E-state index contributed by atoms with van der Waals surface area (Å²) in [5, 5.41) is 12.3. The molecule has 0 aliphatic heterocycles. The number of benzene rings is 3. The van der Waals surface area contributed by atoms with Crippen molar-refractivity contribution in [3.63, 3.8) is 0 Å². The van der Waals surface area contributed by atoms with Gasteiger partial charge in [-0.3, -0.25) is 4.79 Å². The number of ether oxygens (including phenoxy) is 3. The Morgan fingerprint density at radius 2 is 1.83 bits per heavy atom. The van der Waals surface area contributed by atoms with Gasteiger partial charge in [0.05, 0.1) is 23.8 Å². The van der Waals surface area contributed by atoms with Gasteiger partial charge in [-0.05, 0) is 88.9 Å². The summed E-state index contributed by atoms with van der Waals surface area (Å²) < 4.78 is 17.1. The number of amides is 1. The molecule has 0 spiro atoms. The van der Waals surface area contributed by atoms with Crippen LogP contribution < -0.4 is 14.8 Å². The SMILES string of the molecule is CCOC(=O)c1ccc(NC(=O)/C(C#N)=C/c2cc(Br)c(OCc3ccccc3C)c(OC)c2)cc1. The molecule has 7 nitrogen and oxygen atoms in total. The van der Waals surface area contributed by atoms with Gasteiger partial charge in [0.1, 0.15) is 18.2 Å². The van der Waals surface area contributed by atoms with Gasteiger partial charge in [-0.15, -0.1) is 0 Å². The number of halogens is 1. The van der Waals surface area contributed by atoms with Gasteiger partial charge in [-0.2, -0.15) is 5.26 Å². The summed E-state index contributed by atoms with van der Waals surface area (Å²) in [6, 6.07) is 19.5. The first kappa shape index (κ1) is 26.5. The van der Waals surface area contributed by atoms with Gasteiger partial charge in [-0.25, -0.2) is 4.79 Å². The Balaban J connectivity index is 1.77. The van der Waals surface area contributed by atoms with E-state index in [0.29, 0.717) is 39.4 Å². The Labute approximate surface area is 218 Å². The van der Waals surface area contributed by atoms with Crippen molar-refractivity contribution in [1.29, 1.82) is 5.26 Å². The lowest BCUT2D eigenvalue weighted by molar-refractivity contribution is -0.112. The molecule has 0 unspecified atom stereocenters. The summed E-state index contributed by atoms with van der Waals surface area (Å²) in [6.45, 7) is 4.37. The number of hydrogen-bond donors (Lipinski definition) is 1.